The summed E-state index contributed by atoms with van der Waals surface area (Å²) in [5.41, 5.74) is -1.38. The molecular formula is C10H11Br2N3O5. The zero-order chi connectivity index (χ0) is 14.9. The molecule has 0 radical (unpaired) electrons. The first-order valence-electron chi connectivity index (χ1n) is 5.62. The molecule has 0 spiro atoms. The lowest BCUT2D eigenvalue weighted by Gasteiger charge is -2.13. The number of nitrogens with zero attached hydrogens (tertiary/aromatic N) is 2. The van der Waals surface area contributed by atoms with Gasteiger partial charge in [0.1, 0.15) is 6.10 Å². The number of nitrogens with one attached hydrogen (secondary N) is 1. The van der Waals surface area contributed by atoms with Gasteiger partial charge in [0.25, 0.3) is 5.56 Å². The van der Waals surface area contributed by atoms with Crippen LogP contribution in [0, 0.1) is 0 Å². The Morgan fingerprint density at radius 2 is 2.25 bits per heavy atom. The van der Waals surface area contributed by atoms with Gasteiger partial charge >= 0.3 is 5.69 Å². The second-order valence-electron chi connectivity index (χ2n) is 4.14. The number of aliphatic hydroxyl groups excluding tert-OH is 2. The molecule has 0 bridgehead atoms. The van der Waals surface area contributed by atoms with Crippen molar-refractivity contribution in [1.29, 1.82) is 0 Å². The van der Waals surface area contributed by atoms with E-state index in [1.165, 1.54) is 6.08 Å². The second kappa shape index (κ2) is 6.31. The van der Waals surface area contributed by atoms with Crippen LogP contribution in [0.5, 0.6) is 0 Å². The minimum Gasteiger partial charge on any atom is -0.394 e. The smallest absolute Gasteiger partial charge is 0.347 e. The third-order valence-electron chi connectivity index (χ3n) is 2.78. The highest BCUT2D eigenvalue weighted by molar-refractivity contribution is 9.28. The van der Waals surface area contributed by atoms with Crippen LogP contribution < -0.4 is 11.2 Å². The Labute approximate surface area is 129 Å². The number of hydrogen-bond acceptors (Lipinski definition) is 6. The molecule has 2 heterocycles. The predicted octanol–water partition coefficient (Wildman–Crippen LogP) is -0.340. The van der Waals surface area contributed by atoms with Gasteiger partial charge in [0.15, 0.2) is 11.9 Å². The van der Waals surface area contributed by atoms with Crippen molar-refractivity contribution >= 4 is 37.9 Å². The van der Waals surface area contributed by atoms with Crippen molar-refractivity contribution in [2.45, 2.75) is 24.9 Å². The zero-order valence-corrected chi connectivity index (χ0v) is 13.2. The summed E-state index contributed by atoms with van der Waals surface area (Å²) < 4.78 is 6.74. The summed E-state index contributed by atoms with van der Waals surface area (Å²) in [5.74, 6) is 0. The molecule has 0 aromatic carbocycles. The van der Waals surface area contributed by atoms with E-state index in [0.717, 1.165) is 4.68 Å². The van der Waals surface area contributed by atoms with Crippen molar-refractivity contribution in [1.82, 2.24) is 14.8 Å². The van der Waals surface area contributed by atoms with Crippen LogP contribution in [-0.4, -0.2) is 43.8 Å². The third-order valence-corrected chi connectivity index (χ3v) is 3.24. The molecule has 1 aromatic heterocycles. The number of aromatic amines is 1. The van der Waals surface area contributed by atoms with E-state index < -0.39 is 29.7 Å². The summed E-state index contributed by atoms with van der Waals surface area (Å²) in [7, 11) is 0. The lowest BCUT2D eigenvalue weighted by Crippen LogP contribution is -2.36. The van der Waals surface area contributed by atoms with Crippen molar-refractivity contribution in [2.24, 2.45) is 0 Å². The summed E-state index contributed by atoms with van der Waals surface area (Å²) in [6.45, 7) is -0.366. The van der Waals surface area contributed by atoms with Gasteiger partial charge in [-0.3, -0.25) is 9.78 Å². The fourth-order valence-electron chi connectivity index (χ4n) is 1.85. The SMILES string of the molecule is O=c1[nH]c(=O)n(C2C[C@@H](O)[C@@H](CO)O2)nc1C=C(Br)Br. The van der Waals surface area contributed by atoms with Crippen LogP contribution in [0.3, 0.4) is 0 Å². The van der Waals surface area contributed by atoms with E-state index in [0.29, 0.717) is 3.39 Å². The van der Waals surface area contributed by atoms with Gasteiger partial charge < -0.3 is 14.9 Å². The highest BCUT2D eigenvalue weighted by Crippen LogP contribution is 2.26. The average molecular weight is 413 g/mol. The molecule has 1 aromatic rings. The Morgan fingerprint density at radius 1 is 1.55 bits per heavy atom. The van der Waals surface area contributed by atoms with Crippen molar-refractivity contribution in [3.05, 3.63) is 29.9 Å². The first-order valence-corrected chi connectivity index (χ1v) is 7.21. The summed E-state index contributed by atoms with van der Waals surface area (Å²) in [6.07, 6.45) is -1.03. The molecule has 1 fully saturated rings. The van der Waals surface area contributed by atoms with Crippen molar-refractivity contribution in [3.63, 3.8) is 0 Å². The molecule has 2 rings (SSSR count). The molecule has 0 aliphatic carbocycles. The highest BCUT2D eigenvalue weighted by Gasteiger charge is 2.35. The molecule has 10 heteroatoms. The van der Waals surface area contributed by atoms with Crippen LogP contribution in [0.4, 0.5) is 0 Å². The fraction of sp³-hybridized carbons (Fsp3) is 0.500. The number of rotatable bonds is 3. The van der Waals surface area contributed by atoms with E-state index in [2.05, 4.69) is 41.9 Å². The molecule has 1 aliphatic heterocycles. The number of H-pyrrole nitrogens is 1. The Morgan fingerprint density at radius 3 is 2.80 bits per heavy atom. The molecule has 20 heavy (non-hydrogen) atoms. The van der Waals surface area contributed by atoms with E-state index in [1.807, 2.05) is 0 Å². The monoisotopic (exact) mass is 411 g/mol. The normalized spacial score (nSPS) is 25.7. The maximum Gasteiger partial charge on any atom is 0.347 e. The lowest BCUT2D eigenvalue weighted by atomic mass is 10.2. The summed E-state index contributed by atoms with van der Waals surface area (Å²) in [4.78, 5) is 25.4. The van der Waals surface area contributed by atoms with Gasteiger partial charge in [-0.2, -0.15) is 9.78 Å². The molecule has 3 atom stereocenters. The molecule has 110 valence electrons. The minimum atomic E-state index is -0.896. The zero-order valence-electron chi connectivity index (χ0n) is 9.99. The number of hydrogen-bond donors (Lipinski definition) is 3. The molecule has 1 unspecified atom stereocenters. The van der Waals surface area contributed by atoms with Gasteiger partial charge in [0, 0.05) is 6.42 Å². The lowest BCUT2D eigenvalue weighted by molar-refractivity contribution is -0.0507. The van der Waals surface area contributed by atoms with Crippen molar-refractivity contribution < 1.29 is 14.9 Å². The van der Waals surface area contributed by atoms with Gasteiger partial charge in [-0.15, -0.1) is 0 Å². The Kier molecular flexibility index (Phi) is 4.91. The number of ether oxygens (including phenoxy) is 1. The molecule has 0 saturated carbocycles. The van der Waals surface area contributed by atoms with Crippen LogP contribution in [0.1, 0.15) is 18.3 Å². The van der Waals surface area contributed by atoms with Gasteiger partial charge in [0.2, 0.25) is 0 Å². The van der Waals surface area contributed by atoms with Crippen LogP contribution in [0.25, 0.3) is 6.08 Å². The Balaban J connectivity index is 2.40. The van der Waals surface area contributed by atoms with E-state index in [-0.39, 0.29) is 18.7 Å². The second-order valence-corrected chi connectivity index (χ2v) is 6.91. The summed E-state index contributed by atoms with van der Waals surface area (Å²) in [5, 5.41) is 22.6. The maximum atomic E-state index is 11.7. The van der Waals surface area contributed by atoms with Crippen molar-refractivity contribution in [3.8, 4) is 0 Å². The average Bonchev–Trinajstić information content (AvgIpc) is 2.73. The Hall–Kier alpha value is -0.810. The summed E-state index contributed by atoms with van der Waals surface area (Å²) in [6, 6.07) is 0. The molecule has 3 N–H and O–H groups in total. The molecule has 8 nitrogen and oxygen atoms in total. The highest BCUT2D eigenvalue weighted by atomic mass is 79.9. The van der Waals surface area contributed by atoms with E-state index >= 15 is 0 Å². The van der Waals surface area contributed by atoms with Gasteiger partial charge in [-0.05, 0) is 37.9 Å². The number of halogens is 2. The third kappa shape index (κ3) is 3.26. The van der Waals surface area contributed by atoms with E-state index in [9.17, 15) is 14.7 Å². The number of aromatic nitrogens is 3. The minimum absolute atomic E-state index is 0.00103. The van der Waals surface area contributed by atoms with Gasteiger partial charge in [0.05, 0.1) is 16.1 Å². The van der Waals surface area contributed by atoms with Crippen LogP contribution >= 0.6 is 31.9 Å². The quantitative estimate of drug-likeness (QED) is 0.625. The standard InChI is InChI=1S/C10H11Br2N3O5/c11-7(12)1-4-9(18)13-10(19)15(14-4)8-2-5(17)6(3-16)20-8/h1,5-6,8,16-17H,2-3H2,(H,13,18,19)/t5-,6-,8?/m1/s1. The fourth-order valence-corrected chi connectivity index (χ4v) is 2.28. The molecule has 0 amide bonds. The van der Waals surface area contributed by atoms with Crippen LogP contribution in [-0.2, 0) is 4.74 Å². The van der Waals surface area contributed by atoms with Gasteiger partial charge in [-0.1, -0.05) is 0 Å². The van der Waals surface area contributed by atoms with Crippen LogP contribution in [0.15, 0.2) is 13.0 Å². The van der Waals surface area contributed by atoms with E-state index in [1.54, 1.807) is 0 Å². The van der Waals surface area contributed by atoms with Crippen molar-refractivity contribution in [2.75, 3.05) is 6.61 Å². The first kappa shape index (κ1) is 15.6. The van der Waals surface area contributed by atoms with Gasteiger partial charge in [-0.25, -0.2) is 4.79 Å². The predicted molar refractivity (Wildman–Crippen MR) is 76.6 cm³/mol. The number of aliphatic hydroxyl groups is 2. The van der Waals surface area contributed by atoms with Crippen LogP contribution in [0.2, 0.25) is 0 Å². The molecule has 1 saturated heterocycles. The van der Waals surface area contributed by atoms with E-state index in [4.69, 9.17) is 9.84 Å². The largest absolute Gasteiger partial charge is 0.394 e. The maximum absolute atomic E-state index is 11.7. The molecule has 1 aliphatic rings. The Bertz CT molecular complexity index is 637. The topological polar surface area (TPSA) is 117 Å². The molecular weight excluding hydrogens is 402 g/mol. The summed E-state index contributed by atoms with van der Waals surface area (Å²) >= 11 is 6.19. The first-order chi connectivity index (χ1) is 9.42.